The minimum Gasteiger partial charge on any atom is -0.437 e. The van der Waals surface area contributed by atoms with E-state index in [1.807, 2.05) is 42.9 Å². The molecule has 5 rings (SSSR count). The number of fused-ring (bicyclic) bond motifs is 1. The number of hydrogen-bond donors (Lipinski definition) is 1. The number of rotatable bonds is 6. The lowest BCUT2D eigenvalue weighted by Crippen LogP contribution is -2.49. The first kappa shape index (κ1) is 23.4. The van der Waals surface area contributed by atoms with Crippen LogP contribution in [0.1, 0.15) is 36.2 Å². The van der Waals surface area contributed by atoms with E-state index in [0.717, 1.165) is 71.6 Å². The molecule has 1 saturated heterocycles. The maximum absolute atomic E-state index is 11.5. The van der Waals surface area contributed by atoms with E-state index in [9.17, 15) is 9.82 Å². The molecule has 0 amide bonds. The predicted octanol–water partition coefficient (Wildman–Crippen LogP) is 4.07. The summed E-state index contributed by atoms with van der Waals surface area (Å²) in [6.07, 6.45) is 4.20. The molecule has 0 bridgehead atoms. The van der Waals surface area contributed by atoms with Crippen molar-refractivity contribution in [2.75, 3.05) is 43.0 Å². The van der Waals surface area contributed by atoms with Crippen molar-refractivity contribution < 1.29 is 9.82 Å². The summed E-state index contributed by atoms with van der Waals surface area (Å²) >= 11 is 3.72. The number of piperazine rings is 1. The van der Waals surface area contributed by atoms with Crippen LogP contribution in [0.4, 0.5) is 11.5 Å². The summed E-state index contributed by atoms with van der Waals surface area (Å²) in [7, 11) is 1.57. The fraction of sp³-hybridized carbons (Fsp3) is 0.440. The highest BCUT2D eigenvalue weighted by Gasteiger charge is 2.36. The van der Waals surface area contributed by atoms with Crippen LogP contribution in [-0.2, 0) is 0 Å². The third-order valence-electron chi connectivity index (χ3n) is 7.50. The quantitative estimate of drug-likeness (QED) is 0.388. The van der Waals surface area contributed by atoms with Gasteiger partial charge >= 0.3 is 7.05 Å². The van der Waals surface area contributed by atoms with Crippen molar-refractivity contribution in [3.05, 3.63) is 52.6 Å². The first-order chi connectivity index (χ1) is 16.3. The average Bonchev–Trinajstić information content (AvgIpc) is 3.13. The average molecular weight is 524 g/mol. The molecule has 0 atom stereocenters. The summed E-state index contributed by atoms with van der Waals surface area (Å²) in [6.45, 7) is 7.06. The first-order valence-corrected chi connectivity index (χ1v) is 12.8. The predicted molar refractivity (Wildman–Crippen MR) is 142 cm³/mol. The van der Waals surface area contributed by atoms with E-state index in [0.29, 0.717) is 12.1 Å². The number of Topliss-reactive ketones (excluding diaryl/α,β-unsaturated/α-hetero) is 1. The molecule has 2 aromatic heterocycles. The van der Waals surface area contributed by atoms with Crippen molar-refractivity contribution in [3.63, 3.8) is 0 Å². The summed E-state index contributed by atoms with van der Waals surface area (Å²) < 4.78 is 3.38. The van der Waals surface area contributed by atoms with Gasteiger partial charge in [-0.2, -0.15) is 0 Å². The molecule has 34 heavy (non-hydrogen) atoms. The Balaban J connectivity index is 1.29. The molecule has 0 spiro atoms. The van der Waals surface area contributed by atoms with Crippen molar-refractivity contribution in [1.82, 2.24) is 14.4 Å². The Kier molecular flexibility index (Phi) is 6.44. The highest BCUT2D eigenvalue weighted by atomic mass is 79.9. The van der Waals surface area contributed by atoms with Gasteiger partial charge in [-0.3, -0.25) is 4.79 Å². The van der Waals surface area contributed by atoms with Gasteiger partial charge in [-0.25, -0.2) is 4.98 Å². The normalized spacial score (nSPS) is 20.6. The number of halogens is 1. The number of hydrogen-bond acceptors (Lipinski definition) is 6. The van der Waals surface area contributed by atoms with Gasteiger partial charge in [0.05, 0.1) is 0 Å². The molecule has 1 aliphatic carbocycles. The smallest absolute Gasteiger partial charge is 0.376 e. The van der Waals surface area contributed by atoms with E-state index in [2.05, 4.69) is 48.6 Å². The molecular weight excluding hydrogens is 493 g/mol. The second kappa shape index (κ2) is 9.36. The summed E-state index contributed by atoms with van der Waals surface area (Å²) in [5.74, 6) is 1.12. The highest BCUT2D eigenvalue weighted by Crippen LogP contribution is 2.40. The Morgan fingerprint density at radius 3 is 2.35 bits per heavy atom. The monoisotopic (exact) mass is 523 g/mol. The molecule has 3 heterocycles. The van der Waals surface area contributed by atoms with Crippen LogP contribution in [0.5, 0.6) is 0 Å². The molecule has 1 aromatic carbocycles. The molecule has 9 heteroatoms. The van der Waals surface area contributed by atoms with Crippen molar-refractivity contribution in [1.29, 1.82) is 0 Å². The van der Waals surface area contributed by atoms with Gasteiger partial charge in [-0.15, -0.1) is 0 Å². The van der Waals surface area contributed by atoms with Gasteiger partial charge in [0, 0.05) is 65.6 Å². The molecule has 2 fully saturated rings. The fourth-order valence-corrected chi connectivity index (χ4v) is 5.58. The summed E-state index contributed by atoms with van der Waals surface area (Å²) in [5, 5.41) is 11.0. The lowest BCUT2D eigenvalue weighted by Gasteiger charge is -2.42. The lowest BCUT2D eigenvalue weighted by atomic mass is 9.76. The van der Waals surface area contributed by atoms with E-state index in [4.69, 9.17) is 4.98 Å². The molecule has 1 saturated carbocycles. The lowest BCUT2D eigenvalue weighted by molar-refractivity contribution is 0.101. The Morgan fingerprint density at radius 2 is 1.74 bits per heavy atom. The number of carbonyl (C=O) groups is 1. The Morgan fingerprint density at radius 1 is 1.09 bits per heavy atom. The van der Waals surface area contributed by atoms with E-state index in [1.165, 1.54) is 0 Å². The van der Waals surface area contributed by atoms with Gasteiger partial charge in [0.15, 0.2) is 5.78 Å². The van der Waals surface area contributed by atoms with Crippen molar-refractivity contribution in [2.45, 2.75) is 38.7 Å². The van der Waals surface area contributed by atoms with Gasteiger partial charge in [0.1, 0.15) is 11.5 Å². The fourth-order valence-electron chi connectivity index (χ4n) is 5.05. The molecule has 7 nitrogen and oxygen atoms in total. The number of nitrogens with zero attached hydrogens (tertiary/aromatic N) is 5. The van der Waals surface area contributed by atoms with E-state index >= 15 is 0 Å². The molecule has 1 aliphatic heterocycles. The van der Waals surface area contributed by atoms with Crippen LogP contribution in [0.2, 0.25) is 6.82 Å². The van der Waals surface area contributed by atoms with E-state index in [-0.39, 0.29) is 5.78 Å². The van der Waals surface area contributed by atoms with Gasteiger partial charge in [0.2, 0.25) is 0 Å². The number of ketones is 1. The number of aromatic nitrogens is 2. The SMILES string of the molecule is CB(O)N(C)C1CC(n2cc(Br)c3ccc(N4CCN(c5ccc(C(C)=O)cc5)CC4)nc32)C1. The van der Waals surface area contributed by atoms with Crippen LogP contribution in [0.25, 0.3) is 11.0 Å². The first-order valence-electron chi connectivity index (χ1n) is 12.0. The number of pyridine rings is 1. The van der Waals surface area contributed by atoms with E-state index in [1.54, 1.807) is 6.92 Å². The molecule has 178 valence electrons. The minimum absolute atomic E-state index is 0.0987. The zero-order valence-electron chi connectivity index (χ0n) is 20.0. The molecule has 2 aliphatic rings. The maximum Gasteiger partial charge on any atom is 0.376 e. The zero-order valence-corrected chi connectivity index (χ0v) is 21.6. The standard InChI is InChI=1S/C25H31BBrN5O2/c1-17(33)18-4-6-19(7-5-18)30-10-12-31(13-11-30)24-9-8-22-23(27)16-32(25(22)28-24)21-14-20(15-21)29(3)26(2)34/h4-9,16,20-21,34H,10-15H2,1-3H3. The maximum atomic E-state index is 11.5. The van der Waals surface area contributed by atoms with Gasteiger partial charge in [0.25, 0.3) is 0 Å². The summed E-state index contributed by atoms with van der Waals surface area (Å²) in [6, 6.07) is 13.0. The zero-order chi connectivity index (χ0) is 24.0. The number of anilines is 2. The van der Waals surface area contributed by atoms with Gasteiger partial charge in [-0.05, 0) is 86.0 Å². The third-order valence-corrected chi connectivity index (χ3v) is 8.14. The van der Waals surface area contributed by atoms with Crippen LogP contribution >= 0.6 is 15.9 Å². The number of carbonyl (C=O) groups excluding carboxylic acids is 1. The largest absolute Gasteiger partial charge is 0.437 e. The molecular formula is C25H31BBrN5O2. The molecule has 0 unspecified atom stereocenters. The third kappa shape index (κ3) is 4.37. The van der Waals surface area contributed by atoms with Crippen molar-refractivity contribution in [2.24, 2.45) is 0 Å². The minimum atomic E-state index is -0.422. The second-order valence-corrected chi connectivity index (χ2v) is 10.4. The Labute approximate surface area is 209 Å². The highest BCUT2D eigenvalue weighted by molar-refractivity contribution is 9.10. The van der Waals surface area contributed by atoms with Gasteiger partial charge < -0.3 is 24.2 Å². The second-order valence-electron chi connectivity index (χ2n) is 9.58. The van der Waals surface area contributed by atoms with Crippen LogP contribution in [0, 0.1) is 0 Å². The Hall–Kier alpha value is -2.36. The van der Waals surface area contributed by atoms with Crippen molar-refractivity contribution in [3.8, 4) is 0 Å². The van der Waals surface area contributed by atoms with E-state index < -0.39 is 7.05 Å². The molecule has 1 N–H and O–H groups in total. The molecule has 0 radical (unpaired) electrons. The van der Waals surface area contributed by atoms with Crippen LogP contribution in [0.15, 0.2) is 47.1 Å². The topological polar surface area (TPSA) is 64.8 Å². The summed E-state index contributed by atoms with van der Waals surface area (Å²) in [5.41, 5.74) is 2.94. The van der Waals surface area contributed by atoms with Crippen molar-refractivity contribution >= 4 is 51.3 Å². The molecule has 3 aromatic rings. The summed E-state index contributed by atoms with van der Waals surface area (Å²) in [4.78, 5) is 23.4. The van der Waals surface area contributed by atoms with Gasteiger partial charge in [-0.1, -0.05) is 0 Å². The van der Waals surface area contributed by atoms with Crippen LogP contribution in [-0.4, -0.2) is 71.5 Å². The van der Waals surface area contributed by atoms with Crippen LogP contribution < -0.4 is 9.80 Å². The Bertz CT molecular complexity index is 1180. The number of benzene rings is 1. The van der Waals surface area contributed by atoms with Crippen LogP contribution in [0.3, 0.4) is 0 Å².